The molecule has 1 aromatic heterocycles. The Balaban J connectivity index is 1.96. The molecule has 5 rings (SSSR count). The van der Waals surface area contributed by atoms with Gasteiger partial charge in [-0.3, -0.25) is 4.98 Å². The van der Waals surface area contributed by atoms with E-state index in [-0.39, 0.29) is 0 Å². The molecule has 0 bridgehead atoms. The number of aryl methyl sites for hydroxylation is 3. The van der Waals surface area contributed by atoms with Gasteiger partial charge in [-0.25, -0.2) is 4.98 Å². The highest BCUT2D eigenvalue weighted by Crippen LogP contribution is 2.37. The molecule has 27 heavy (non-hydrogen) atoms. The van der Waals surface area contributed by atoms with Gasteiger partial charge in [0.05, 0.1) is 16.7 Å². The van der Waals surface area contributed by atoms with E-state index in [9.17, 15) is 0 Å². The molecule has 130 valence electrons. The van der Waals surface area contributed by atoms with Gasteiger partial charge in [-0.15, -0.1) is 0 Å². The molecule has 2 nitrogen and oxygen atoms in total. The van der Waals surface area contributed by atoms with E-state index in [0.717, 1.165) is 22.1 Å². The molecule has 0 atom stereocenters. The van der Waals surface area contributed by atoms with E-state index in [1.165, 1.54) is 38.4 Å². The molecule has 4 aromatic carbocycles. The Labute approximate surface area is 158 Å². The molecular formula is C25H20N2. The molecule has 0 aliphatic rings. The van der Waals surface area contributed by atoms with Crippen LogP contribution < -0.4 is 0 Å². The smallest absolute Gasteiger partial charge is 0.0974 e. The maximum atomic E-state index is 4.82. The van der Waals surface area contributed by atoms with Gasteiger partial charge in [-0.2, -0.15) is 0 Å². The van der Waals surface area contributed by atoms with Crippen LogP contribution in [-0.4, -0.2) is 9.97 Å². The van der Waals surface area contributed by atoms with Crippen LogP contribution in [0.5, 0.6) is 0 Å². The molecule has 0 unspecified atom stereocenters. The number of benzene rings is 4. The fourth-order valence-electron chi connectivity index (χ4n) is 4.00. The van der Waals surface area contributed by atoms with Crippen molar-refractivity contribution in [1.82, 2.24) is 9.97 Å². The number of rotatable bonds is 1. The maximum absolute atomic E-state index is 4.82. The van der Waals surface area contributed by atoms with Crippen LogP contribution in [0.4, 0.5) is 0 Å². The molecule has 0 fully saturated rings. The summed E-state index contributed by atoms with van der Waals surface area (Å²) in [5.41, 5.74) is 7.91. The zero-order valence-electron chi connectivity index (χ0n) is 15.7. The highest BCUT2D eigenvalue weighted by atomic mass is 14.8. The molecule has 0 aliphatic carbocycles. The van der Waals surface area contributed by atoms with Crippen molar-refractivity contribution in [1.29, 1.82) is 0 Å². The SMILES string of the molecule is Cc1ccc(-c2cc(C)c3c(c2)c2ccccc2c2nc(C)cnc23)cc1. The highest BCUT2D eigenvalue weighted by molar-refractivity contribution is 6.24. The summed E-state index contributed by atoms with van der Waals surface area (Å²) in [6.45, 7) is 6.30. The summed E-state index contributed by atoms with van der Waals surface area (Å²) in [6.07, 6.45) is 1.86. The van der Waals surface area contributed by atoms with E-state index in [1.807, 2.05) is 13.1 Å². The predicted octanol–water partition coefficient (Wildman–Crippen LogP) is 6.53. The molecule has 2 heteroatoms. The van der Waals surface area contributed by atoms with Gasteiger partial charge in [0.25, 0.3) is 0 Å². The first-order valence-electron chi connectivity index (χ1n) is 9.27. The van der Waals surface area contributed by atoms with Crippen LogP contribution in [0, 0.1) is 20.8 Å². The summed E-state index contributed by atoms with van der Waals surface area (Å²) in [7, 11) is 0. The first-order chi connectivity index (χ1) is 13.1. The van der Waals surface area contributed by atoms with Gasteiger partial charge >= 0.3 is 0 Å². The maximum Gasteiger partial charge on any atom is 0.0974 e. The first-order valence-corrected chi connectivity index (χ1v) is 9.27. The number of aromatic nitrogens is 2. The molecule has 1 heterocycles. The van der Waals surface area contributed by atoms with Crippen LogP contribution in [0.15, 0.2) is 66.9 Å². The summed E-state index contributed by atoms with van der Waals surface area (Å²) >= 11 is 0. The lowest BCUT2D eigenvalue weighted by Crippen LogP contribution is -1.93. The van der Waals surface area contributed by atoms with Crippen molar-refractivity contribution in [3.05, 3.63) is 83.7 Å². The minimum atomic E-state index is 0.945. The summed E-state index contributed by atoms with van der Waals surface area (Å²) in [6, 6.07) is 21.8. The fraction of sp³-hybridized carbons (Fsp3) is 0.120. The number of fused-ring (bicyclic) bond motifs is 6. The van der Waals surface area contributed by atoms with Gasteiger partial charge in [-0.05, 0) is 54.3 Å². The van der Waals surface area contributed by atoms with Crippen molar-refractivity contribution in [2.75, 3.05) is 0 Å². The van der Waals surface area contributed by atoms with Crippen molar-refractivity contribution >= 4 is 32.6 Å². The average Bonchev–Trinajstić information content (AvgIpc) is 2.68. The van der Waals surface area contributed by atoms with Crippen LogP contribution in [0.2, 0.25) is 0 Å². The second-order valence-corrected chi connectivity index (χ2v) is 7.34. The third-order valence-corrected chi connectivity index (χ3v) is 5.32. The van der Waals surface area contributed by atoms with Crippen molar-refractivity contribution in [3.8, 4) is 11.1 Å². The van der Waals surface area contributed by atoms with Gasteiger partial charge in [0, 0.05) is 17.0 Å². The van der Waals surface area contributed by atoms with E-state index in [0.29, 0.717) is 0 Å². The third-order valence-electron chi connectivity index (χ3n) is 5.32. The average molecular weight is 348 g/mol. The van der Waals surface area contributed by atoms with Gasteiger partial charge < -0.3 is 0 Å². The third kappa shape index (κ3) is 2.48. The molecular weight excluding hydrogens is 328 g/mol. The van der Waals surface area contributed by atoms with Crippen LogP contribution in [0.25, 0.3) is 43.7 Å². The summed E-state index contributed by atoms with van der Waals surface area (Å²) in [4.78, 5) is 9.59. The molecule has 0 aliphatic heterocycles. The quantitative estimate of drug-likeness (QED) is 0.322. The number of nitrogens with zero attached hydrogens (tertiary/aromatic N) is 2. The van der Waals surface area contributed by atoms with Crippen LogP contribution in [0.1, 0.15) is 16.8 Å². The van der Waals surface area contributed by atoms with Crippen molar-refractivity contribution in [3.63, 3.8) is 0 Å². The minimum Gasteiger partial charge on any atom is -0.252 e. The monoisotopic (exact) mass is 348 g/mol. The Morgan fingerprint density at radius 1 is 0.667 bits per heavy atom. The zero-order chi connectivity index (χ0) is 18.5. The van der Waals surface area contributed by atoms with Crippen molar-refractivity contribution in [2.45, 2.75) is 20.8 Å². The minimum absolute atomic E-state index is 0.945. The van der Waals surface area contributed by atoms with Gasteiger partial charge in [0.15, 0.2) is 0 Å². The summed E-state index contributed by atoms with van der Waals surface area (Å²) < 4.78 is 0. The van der Waals surface area contributed by atoms with Gasteiger partial charge in [0.2, 0.25) is 0 Å². The van der Waals surface area contributed by atoms with Gasteiger partial charge in [-0.1, -0.05) is 60.2 Å². The van der Waals surface area contributed by atoms with Crippen LogP contribution in [-0.2, 0) is 0 Å². The lowest BCUT2D eigenvalue weighted by atomic mass is 9.92. The molecule has 0 spiro atoms. The number of hydrogen-bond donors (Lipinski definition) is 0. The second-order valence-electron chi connectivity index (χ2n) is 7.34. The summed E-state index contributed by atoms with van der Waals surface area (Å²) in [5.74, 6) is 0. The van der Waals surface area contributed by atoms with Gasteiger partial charge in [0.1, 0.15) is 0 Å². The molecule has 0 radical (unpaired) electrons. The Hall–Kier alpha value is -3.26. The van der Waals surface area contributed by atoms with E-state index in [2.05, 4.69) is 74.5 Å². The standard InChI is InChI=1S/C25H20N2/c1-15-8-10-18(11-9-15)19-12-16(2)23-22(13-19)20-6-4-5-7-21(20)24-25(23)26-14-17(3)27-24/h4-14H,1-3H3. The Kier molecular flexibility index (Phi) is 3.48. The van der Waals surface area contributed by atoms with Crippen molar-refractivity contribution in [2.24, 2.45) is 0 Å². The molecule has 5 aromatic rings. The Morgan fingerprint density at radius 3 is 2.19 bits per heavy atom. The molecule has 0 saturated heterocycles. The normalized spacial score (nSPS) is 11.5. The molecule has 0 saturated carbocycles. The van der Waals surface area contributed by atoms with E-state index in [1.54, 1.807) is 0 Å². The predicted molar refractivity (Wildman–Crippen MR) is 114 cm³/mol. The first kappa shape index (κ1) is 16.0. The second kappa shape index (κ2) is 5.88. The molecule has 0 amide bonds. The largest absolute Gasteiger partial charge is 0.252 e. The Morgan fingerprint density at radius 2 is 1.41 bits per heavy atom. The Bertz CT molecular complexity index is 1330. The van der Waals surface area contributed by atoms with E-state index in [4.69, 9.17) is 9.97 Å². The van der Waals surface area contributed by atoms with Crippen LogP contribution >= 0.6 is 0 Å². The summed E-state index contributed by atoms with van der Waals surface area (Å²) in [5, 5.41) is 4.84. The van der Waals surface area contributed by atoms with E-state index >= 15 is 0 Å². The lowest BCUT2D eigenvalue weighted by molar-refractivity contribution is 1.19. The van der Waals surface area contributed by atoms with Crippen molar-refractivity contribution < 1.29 is 0 Å². The highest BCUT2D eigenvalue weighted by Gasteiger charge is 2.14. The lowest BCUT2D eigenvalue weighted by Gasteiger charge is -2.14. The fourth-order valence-corrected chi connectivity index (χ4v) is 4.00. The zero-order valence-corrected chi connectivity index (χ0v) is 15.7. The molecule has 0 N–H and O–H groups in total. The van der Waals surface area contributed by atoms with Crippen LogP contribution in [0.3, 0.4) is 0 Å². The topological polar surface area (TPSA) is 25.8 Å². The number of hydrogen-bond acceptors (Lipinski definition) is 2. The van der Waals surface area contributed by atoms with E-state index < -0.39 is 0 Å².